The van der Waals surface area contributed by atoms with Gasteiger partial charge in [-0.15, -0.1) is 6.58 Å². The van der Waals surface area contributed by atoms with Crippen LogP contribution in [-0.2, 0) is 16.6 Å². The first-order valence-electron chi connectivity index (χ1n) is 12.3. The number of phenols is 1. The third kappa shape index (κ3) is 2.98. The van der Waals surface area contributed by atoms with E-state index in [9.17, 15) is 15.0 Å². The van der Waals surface area contributed by atoms with Crippen LogP contribution in [0.25, 0.3) is 6.08 Å². The fourth-order valence-electron chi connectivity index (χ4n) is 7.31. The number of aliphatic hydroxyl groups is 1. The van der Waals surface area contributed by atoms with Gasteiger partial charge in [-0.2, -0.15) is 0 Å². The summed E-state index contributed by atoms with van der Waals surface area (Å²) in [4.78, 5) is 21.4. The maximum absolute atomic E-state index is 13.2. The number of pyridine rings is 1. The van der Waals surface area contributed by atoms with Crippen LogP contribution in [0.4, 0.5) is 0 Å². The van der Waals surface area contributed by atoms with Crippen molar-refractivity contribution < 1.29 is 19.7 Å². The smallest absolute Gasteiger partial charge is 0.246 e. The number of rotatable bonds is 5. The summed E-state index contributed by atoms with van der Waals surface area (Å²) < 4.78 is 6.54. The molecule has 35 heavy (non-hydrogen) atoms. The fourth-order valence-corrected chi connectivity index (χ4v) is 7.31. The molecule has 1 aromatic heterocycles. The molecule has 2 fully saturated rings. The first kappa shape index (κ1) is 22.3. The Morgan fingerprint density at radius 1 is 1.37 bits per heavy atom. The first-order valence-corrected chi connectivity index (χ1v) is 12.3. The molecule has 1 amide bonds. The largest absolute Gasteiger partial charge is 0.504 e. The van der Waals surface area contributed by atoms with E-state index in [2.05, 4.69) is 16.5 Å². The molecular formula is C28H31N3O4. The number of amides is 1. The third-order valence-electron chi connectivity index (χ3n) is 8.85. The molecular weight excluding hydrogens is 442 g/mol. The van der Waals surface area contributed by atoms with E-state index in [4.69, 9.17) is 4.74 Å². The number of hydrogen-bond donors (Lipinski definition) is 2. The van der Waals surface area contributed by atoms with Crippen molar-refractivity contribution in [3.63, 3.8) is 0 Å². The molecule has 2 N–H and O–H groups in total. The predicted molar refractivity (Wildman–Crippen MR) is 132 cm³/mol. The highest BCUT2D eigenvalue weighted by Gasteiger charge is 2.73. The Morgan fingerprint density at radius 3 is 3.00 bits per heavy atom. The molecule has 2 unspecified atom stereocenters. The van der Waals surface area contributed by atoms with Crippen LogP contribution in [0.3, 0.4) is 0 Å². The summed E-state index contributed by atoms with van der Waals surface area (Å²) in [6, 6.07) is 7.11. The minimum Gasteiger partial charge on any atom is -0.504 e. The van der Waals surface area contributed by atoms with Gasteiger partial charge < -0.3 is 19.8 Å². The van der Waals surface area contributed by atoms with Crippen molar-refractivity contribution in [2.75, 3.05) is 20.1 Å². The number of aromatic hydroxyl groups is 1. The standard InChI is InChI=1S/C28H31N3O4/c1-3-14-31-15-12-27-24-19-7-8-21(32)25(24)35-26(27)20(10-11-28(27,34)22(31)16-19)30(2)23(33)9-6-18-5-4-13-29-17-18/h3-9,13,17,20,22,26,32,34H,1,10-12,14-16H2,2H3/b9-6+/t20?,22-,26?,27+,28-/m1/s1. The second-order valence-corrected chi connectivity index (χ2v) is 10.3. The third-order valence-corrected chi connectivity index (χ3v) is 8.85. The Labute approximate surface area is 205 Å². The molecule has 7 nitrogen and oxygen atoms in total. The molecule has 2 bridgehead atoms. The molecule has 5 atom stereocenters. The highest BCUT2D eigenvalue weighted by atomic mass is 16.5. The molecule has 0 radical (unpaired) electrons. The zero-order valence-electron chi connectivity index (χ0n) is 19.9. The lowest BCUT2D eigenvalue weighted by Gasteiger charge is -2.64. The predicted octanol–water partition coefficient (Wildman–Crippen LogP) is 2.67. The molecule has 2 aliphatic carbocycles. The normalized spacial score (nSPS) is 32.7. The van der Waals surface area contributed by atoms with Crippen LogP contribution in [0.2, 0.25) is 0 Å². The van der Waals surface area contributed by atoms with Crippen LogP contribution in [0.1, 0.15) is 36.0 Å². The molecule has 4 aliphatic rings. The van der Waals surface area contributed by atoms with Gasteiger partial charge in [-0.3, -0.25) is 14.7 Å². The van der Waals surface area contributed by atoms with Gasteiger partial charge in [-0.05, 0) is 61.6 Å². The topological polar surface area (TPSA) is 86.1 Å². The number of piperidine rings is 1. The van der Waals surface area contributed by atoms with E-state index in [1.807, 2.05) is 31.3 Å². The number of benzene rings is 1. The maximum Gasteiger partial charge on any atom is 0.246 e. The van der Waals surface area contributed by atoms with Gasteiger partial charge >= 0.3 is 0 Å². The molecule has 3 heterocycles. The number of likely N-dealkylation sites (N-methyl/N-ethyl adjacent to an activating group) is 1. The number of nitrogens with zero attached hydrogens (tertiary/aromatic N) is 3. The summed E-state index contributed by atoms with van der Waals surface area (Å²) in [6.45, 7) is 5.45. The lowest BCUT2D eigenvalue weighted by molar-refractivity contribution is -0.198. The first-order chi connectivity index (χ1) is 16.9. The molecule has 6 rings (SSSR count). The van der Waals surface area contributed by atoms with Crippen molar-refractivity contribution in [3.8, 4) is 11.5 Å². The van der Waals surface area contributed by atoms with Gasteiger partial charge in [0, 0.05) is 43.7 Å². The summed E-state index contributed by atoms with van der Waals surface area (Å²) in [5.74, 6) is 0.465. The number of carbonyl (C=O) groups excluding carboxylic acids is 1. The Morgan fingerprint density at radius 2 is 2.23 bits per heavy atom. The second-order valence-electron chi connectivity index (χ2n) is 10.3. The van der Waals surface area contributed by atoms with Gasteiger partial charge in [0.1, 0.15) is 6.10 Å². The van der Waals surface area contributed by atoms with Crippen LogP contribution < -0.4 is 4.74 Å². The van der Waals surface area contributed by atoms with Crippen LogP contribution in [0, 0.1) is 0 Å². The molecule has 2 aliphatic heterocycles. The van der Waals surface area contributed by atoms with Crippen molar-refractivity contribution >= 4 is 12.0 Å². The van der Waals surface area contributed by atoms with Gasteiger partial charge in [-0.25, -0.2) is 0 Å². The Bertz CT molecular complexity index is 1210. The minimum absolute atomic E-state index is 0.0595. The quantitative estimate of drug-likeness (QED) is 0.513. The maximum atomic E-state index is 13.2. The zero-order valence-corrected chi connectivity index (χ0v) is 19.9. The van der Waals surface area contributed by atoms with Crippen LogP contribution in [0.15, 0.2) is 55.4 Å². The van der Waals surface area contributed by atoms with E-state index in [1.54, 1.807) is 35.5 Å². The molecule has 1 saturated carbocycles. The summed E-state index contributed by atoms with van der Waals surface area (Å²) in [5.41, 5.74) is 1.26. The van der Waals surface area contributed by atoms with Gasteiger partial charge in [0.2, 0.25) is 5.91 Å². The number of aromatic nitrogens is 1. The van der Waals surface area contributed by atoms with Crippen LogP contribution >= 0.6 is 0 Å². The van der Waals surface area contributed by atoms with Crippen molar-refractivity contribution in [1.82, 2.24) is 14.8 Å². The summed E-state index contributed by atoms with van der Waals surface area (Å²) >= 11 is 0. The van der Waals surface area contributed by atoms with E-state index in [1.165, 1.54) is 0 Å². The lowest BCUT2D eigenvalue weighted by Crippen LogP contribution is -2.78. The highest BCUT2D eigenvalue weighted by Crippen LogP contribution is 2.65. The van der Waals surface area contributed by atoms with Crippen LogP contribution in [0.5, 0.6) is 11.5 Å². The minimum atomic E-state index is -1.00. The van der Waals surface area contributed by atoms with Crippen molar-refractivity contribution in [2.24, 2.45) is 0 Å². The van der Waals surface area contributed by atoms with E-state index in [0.29, 0.717) is 31.4 Å². The fraction of sp³-hybridized carbons (Fsp3) is 0.429. The molecule has 1 saturated heterocycles. The van der Waals surface area contributed by atoms with Gasteiger partial charge in [0.25, 0.3) is 0 Å². The molecule has 2 aromatic rings. The van der Waals surface area contributed by atoms with Gasteiger partial charge in [-0.1, -0.05) is 18.2 Å². The van der Waals surface area contributed by atoms with E-state index in [0.717, 1.165) is 29.8 Å². The van der Waals surface area contributed by atoms with E-state index >= 15 is 0 Å². The molecule has 1 spiro atoms. The van der Waals surface area contributed by atoms with Crippen LogP contribution in [-0.4, -0.2) is 74.8 Å². The number of carbonyl (C=O) groups is 1. The number of likely N-dealkylation sites (tertiary alicyclic amines) is 1. The number of phenolic OH excluding ortho intramolecular Hbond substituents is 1. The van der Waals surface area contributed by atoms with E-state index in [-0.39, 0.29) is 23.7 Å². The molecule has 7 heteroatoms. The monoisotopic (exact) mass is 473 g/mol. The summed E-state index contributed by atoms with van der Waals surface area (Å²) in [5, 5.41) is 23.2. The Hall–Kier alpha value is -3.16. The zero-order chi connectivity index (χ0) is 24.4. The summed E-state index contributed by atoms with van der Waals surface area (Å²) in [7, 11) is 1.81. The van der Waals surface area contributed by atoms with Crippen molar-refractivity contribution in [3.05, 3.63) is 72.1 Å². The Balaban J connectivity index is 1.39. The van der Waals surface area contributed by atoms with Crippen molar-refractivity contribution in [2.45, 2.75) is 54.9 Å². The molecule has 182 valence electrons. The number of ether oxygens (including phenoxy) is 1. The summed E-state index contributed by atoms with van der Waals surface area (Å²) in [6.07, 6.45) is 10.8. The average molecular weight is 474 g/mol. The van der Waals surface area contributed by atoms with E-state index < -0.39 is 17.1 Å². The Kier molecular flexibility index (Phi) is 5.06. The second kappa shape index (κ2) is 7.93. The van der Waals surface area contributed by atoms with Gasteiger partial charge in [0.15, 0.2) is 11.5 Å². The highest BCUT2D eigenvalue weighted by molar-refractivity contribution is 5.92. The van der Waals surface area contributed by atoms with Crippen molar-refractivity contribution in [1.29, 1.82) is 0 Å². The average Bonchev–Trinajstić information content (AvgIpc) is 3.22. The number of hydrogen-bond acceptors (Lipinski definition) is 6. The molecule has 1 aromatic carbocycles. The lowest BCUT2D eigenvalue weighted by atomic mass is 9.48. The van der Waals surface area contributed by atoms with Gasteiger partial charge in [0.05, 0.1) is 17.1 Å². The SMILES string of the molecule is C=CCN1CC[C@]23c4c5ccc(O)c4OC2C(N(C)C(=O)/C=C/c2cccnc2)CC[C@@]3(O)[C@H]1C5.